The van der Waals surface area contributed by atoms with Gasteiger partial charge in [0.2, 0.25) is 17.6 Å². The predicted octanol–water partition coefficient (Wildman–Crippen LogP) is 3.85. The van der Waals surface area contributed by atoms with Crippen molar-refractivity contribution in [1.82, 2.24) is 9.80 Å². The minimum absolute atomic E-state index is 0.0647. The molecule has 1 fully saturated rings. The molecule has 1 heterocycles. The van der Waals surface area contributed by atoms with Crippen molar-refractivity contribution in [2.45, 2.75) is 63.6 Å². The van der Waals surface area contributed by atoms with Crippen molar-refractivity contribution < 1.29 is 32.3 Å². The number of amides is 2. The molecule has 2 N–H and O–H groups in total. The molecule has 206 valence electrons. The molecule has 2 rings (SSSR count). The summed E-state index contributed by atoms with van der Waals surface area (Å²) >= 11 is 0.842. The Morgan fingerprint density at radius 1 is 1.00 bits per heavy atom. The summed E-state index contributed by atoms with van der Waals surface area (Å²) in [5, 5.41) is 0. The van der Waals surface area contributed by atoms with E-state index < -0.39 is 29.7 Å². The van der Waals surface area contributed by atoms with Gasteiger partial charge >= 0.3 is 6.18 Å². The Balaban J connectivity index is 1.94. The van der Waals surface area contributed by atoms with Crippen molar-refractivity contribution in [2.75, 3.05) is 37.7 Å². The van der Waals surface area contributed by atoms with Crippen molar-refractivity contribution in [3.05, 3.63) is 35.9 Å². The van der Waals surface area contributed by atoms with Crippen LogP contribution in [-0.2, 0) is 14.4 Å². The molecule has 7 nitrogen and oxygen atoms in total. The van der Waals surface area contributed by atoms with Gasteiger partial charge in [-0.2, -0.15) is 24.9 Å². The molecule has 0 aliphatic carbocycles. The highest BCUT2D eigenvalue weighted by molar-refractivity contribution is 7.99. The van der Waals surface area contributed by atoms with E-state index in [9.17, 15) is 32.3 Å². The van der Waals surface area contributed by atoms with Crippen molar-refractivity contribution in [1.29, 1.82) is 0 Å². The van der Waals surface area contributed by atoms with Gasteiger partial charge in [-0.3, -0.25) is 19.2 Å². The van der Waals surface area contributed by atoms with E-state index in [4.69, 9.17) is 5.73 Å². The molecule has 1 atom stereocenters. The van der Waals surface area contributed by atoms with Gasteiger partial charge in [0.25, 0.3) is 0 Å². The highest BCUT2D eigenvalue weighted by Gasteiger charge is 2.37. The van der Waals surface area contributed by atoms with Gasteiger partial charge in [-0.25, -0.2) is 0 Å². The number of nitrogens with zero attached hydrogens (tertiary/aromatic N) is 2. The van der Waals surface area contributed by atoms with Gasteiger partial charge in [0.15, 0.2) is 5.78 Å². The van der Waals surface area contributed by atoms with Gasteiger partial charge in [-0.15, -0.1) is 0 Å². The predicted molar refractivity (Wildman–Crippen MR) is 137 cm³/mol. The molecule has 0 spiro atoms. The highest BCUT2D eigenvalue weighted by atomic mass is 32.2. The van der Waals surface area contributed by atoms with Crippen LogP contribution in [0.5, 0.6) is 0 Å². The van der Waals surface area contributed by atoms with E-state index in [-0.39, 0.29) is 36.7 Å². The van der Waals surface area contributed by atoms with Gasteiger partial charge < -0.3 is 15.5 Å². The van der Waals surface area contributed by atoms with E-state index in [0.717, 1.165) is 44.1 Å². The lowest BCUT2D eigenvalue weighted by molar-refractivity contribution is -0.167. The molecule has 0 saturated carbocycles. The number of nitrogens with two attached hydrogens (primary N) is 1. The van der Waals surface area contributed by atoms with Crippen LogP contribution >= 0.6 is 11.8 Å². The molecule has 0 bridgehead atoms. The SMILES string of the molecule is NC(=O)[C@H](CCCSCC(=O)C(F)(F)F)N(CCN1CCCCC1)C(=O)CCCC(=O)c1ccccc1. The zero-order valence-electron chi connectivity index (χ0n) is 21.0. The lowest BCUT2D eigenvalue weighted by Crippen LogP contribution is -2.51. The zero-order valence-corrected chi connectivity index (χ0v) is 21.8. The standard InChI is InChI=1S/C26H36F3N3O4S/c27-26(28,29)23(34)19-37-18-8-11-21(25(30)36)32(17-16-31-14-5-2-6-15-31)24(35)13-7-12-22(33)20-9-3-1-4-10-20/h1,3-4,9-10,21H,2,5-8,11-19H2,(H2,30,36)/t21-/m0/s1. The van der Waals surface area contributed by atoms with Crippen molar-refractivity contribution in [3.63, 3.8) is 0 Å². The van der Waals surface area contributed by atoms with Crippen LogP contribution < -0.4 is 5.73 Å². The first-order valence-electron chi connectivity index (χ1n) is 12.7. The van der Waals surface area contributed by atoms with E-state index >= 15 is 0 Å². The summed E-state index contributed by atoms with van der Waals surface area (Å²) in [6, 6.07) is 7.90. The molecule has 11 heteroatoms. The minimum atomic E-state index is -4.86. The topological polar surface area (TPSA) is 101 Å². The van der Waals surface area contributed by atoms with E-state index in [2.05, 4.69) is 4.90 Å². The number of alkyl halides is 3. The molecule has 1 saturated heterocycles. The Morgan fingerprint density at radius 2 is 1.68 bits per heavy atom. The van der Waals surface area contributed by atoms with Crippen LogP contribution in [-0.4, -0.2) is 83.1 Å². The first-order chi connectivity index (χ1) is 17.6. The average molecular weight is 544 g/mol. The molecule has 2 amide bonds. The fourth-order valence-electron chi connectivity index (χ4n) is 4.28. The molecule has 37 heavy (non-hydrogen) atoms. The number of Topliss-reactive ketones (excluding diaryl/α,β-unsaturated/α-hetero) is 2. The monoisotopic (exact) mass is 543 g/mol. The van der Waals surface area contributed by atoms with Crippen LogP contribution in [0.15, 0.2) is 30.3 Å². The Hall–Kier alpha value is -2.40. The number of halogens is 3. The molecule has 0 aromatic heterocycles. The summed E-state index contributed by atoms with van der Waals surface area (Å²) in [5.41, 5.74) is 6.22. The average Bonchev–Trinajstić information content (AvgIpc) is 2.87. The fourth-order valence-corrected chi connectivity index (χ4v) is 5.14. The number of likely N-dealkylation sites (tertiary alicyclic amines) is 1. The Labute approximate surface area is 220 Å². The fraction of sp³-hybridized carbons (Fsp3) is 0.615. The number of carbonyl (C=O) groups excluding carboxylic acids is 4. The smallest absolute Gasteiger partial charge is 0.368 e. The number of hydrogen-bond acceptors (Lipinski definition) is 6. The summed E-state index contributed by atoms with van der Waals surface area (Å²) in [5.74, 6) is -3.27. The zero-order chi connectivity index (χ0) is 27.3. The van der Waals surface area contributed by atoms with E-state index in [0.29, 0.717) is 31.5 Å². The Morgan fingerprint density at radius 3 is 2.30 bits per heavy atom. The number of carbonyl (C=O) groups is 4. The lowest BCUT2D eigenvalue weighted by Gasteiger charge is -2.33. The molecular weight excluding hydrogens is 507 g/mol. The Bertz CT molecular complexity index is 893. The number of rotatable bonds is 16. The third kappa shape index (κ3) is 11.3. The number of piperidine rings is 1. The van der Waals surface area contributed by atoms with Crippen molar-refractivity contribution >= 4 is 35.1 Å². The third-order valence-corrected chi connectivity index (χ3v) is 7.38. The quantitative estimate of drug-likeness (QED) is 0.251. The van der Waals surface area contributed by atoms with Gasteiger partial charge in [0, 0.05) is 31.5 Å². The number of thioether (sulfide) groups is 1. The number of benzene rings is 1. The van der Waals surface area contributed by atoms with E-state index in [1.54, 1.807) is 24.3 Å². The maximum atomic E-state index is 13.2. The second-order valence-corrected chi connectivity index (χ2v) is 10.3. The number of hydrogen-bond donors (Lipinski definition) is 1. The first kappa shape index (κ1) is 30.8. The lowest BCUT2D eigenvalue weighted by atomic mass is 10.0. The third-order valence-electron chi connectivity index (χ3n) is 6.34. The van der Waals surface area contributed by atoms with E-state index in [1.165, 1.54) is 4.90 Å². The van der Waals surface area contributed by atoms with Crippen LogP contribution in [0.1, 0.15) is 61.7 Å². The van der Waals surface area contributed by atoms with Crippen LogP contribution in [0.25, 0.3) is 0 Å². The maximum Gasteiger partial charge on any atom is 0.450 e. The van der Waals surface area contributed by atoms with Crippen LogP contribution in [0, 0.1) is 0 Å². The van der Waals surface area contributed by atoms with Gasteiger partial charge in [0.05, 0.1) is 5.75 Å². The summed E-state index contributed by atoms with van der Waals surface area (Å²) < 4.78 is 37.1. The maximum absolute atomic E-state index is 13.2. The summed E-state index contributed by atoms with van der Waals surface area (Å²) in [4.78, 5) is 52.6. The molecule has 1 aliphatic rings. The number of ketones is 2. The van der Waals surface area contributed by atoms with Gasteiger partial charge in [0.1, 0.15) is 6.04 Å². The molecule has 1 aromatic rings. The van der Waals surface area contributed by atoms with Gasteiger partial charge in [-0.05, 0) is 50.9 Å². The molecule has 0 unspecified atom stereocenters. The summed E-state index contributed by atoms with van der Waals surface area (Å²) in [6.07, 6.45) is -0.438. The summed E-state index contributed by atoms with van der Waals surface area (Å²) in [6.45, 7) is 2.73. The number of primary amides is 1. The van der Waals surface area contributed by atoms with Gasteiger partial charge in [-0.1, -0.05) is 36.8 Å². The van der Waals surface area contributed by atoms with E-state index in [1.807, 2.05) is 6.07 Å². The van der Waals surface area contributed by atoms with Crippen LogP contribution in [0.3, 0.4) is 0 Å². The minimum Gasteiger partial charge on any atom is -0.368 e. The normalized spacial score (nSPS) is 15.2. The largest absolute Gasteiger partial charge is 0.450 e. The molecule has 1 aromatic carbocycles. The van der Waals surface area contributed by atoms with Crippen LogP contribution in [0.4, 0.5) is 13.2 Å². The summed E-state index contributed by atoms with van der Waals surface area (Å²) in [7, 11) is 0. The molecule has 1 aliphatic heterocycles. The van der Waals surface area contributed by atoms with Crippen LogP contribution in [0.2, 0.25) is 0 Å². The van der Waals surface area contributed by atoms with Crippen molar-refractivity contribution in [2.24, 2.45) is 5.73 Å². The second kappa shape index (κ2) is 15.8. The Kier molecular flexibility index (Phi) is 13.1. The molecular formula is C26H36F3N3O4S. The first-order valence-corrected chi connectivity index (χ1v) is 13.8. The van der Waals surface area contributed by atoms with Crippen molar-refractivity contribution in [3.8, 4) is 0 Å². The highest BCUT2D eigenvalue weighted by Crippen LogP contribution is 2.20. The second-order valence-electron chi connectivity index (χ2n) is 9.17. The molecule has 0 radical (unpaired) electrons.